The number of hydrogen-bond donors (Lipinski definition) is 2. The van der Waals surface area contributed by atoms with Crippen LogP contribution in [0.4, 0.5) is 11.4 Å². The summed E-state index contributed by atoms with van der Waals surface area (Å²) in [6.45, 7) is 1.88. The number of anilines is 2. The first kappa shape index (κ1) is 16.0. The van der Waals surface area contributed by atoms with Gasteiger partial charge >= 0.3 is 0 Å². The Kier molecular flexibility index (Phi) is 4.77. The summed E-state index contributed by atoms with van der Waals surface area (Å²) in [5.41, 5.74) is 2.45. The third-order valence-electron chi connectivity index (χ3n) is 3.21. The molecule has 3 rings (SSSR count). The summed E-state index contributed by atoms with van der Waals surface area (Å²) < 4.78 is 5.62. The zero-order valence-corrected chi connectivity index (χ0v) is 13.7. The number of nitrogens with one attached hydrogen (secondary N) is 2. The second kappa shape index (κ2) is 7.14. The summed E-state index contributed by atoms with van der Waals surface area (Å²) in [5.74, 6) is 0.826. The van der Waals surface area contributed by atoms with E-state index in [1.807, 2.05) is 36.4 Å². The lowest BCUT2D eigenvalue weighted by Crippen LogP contribution is -2.05. The maximum Gasteiger partial charge on any atom is 0.247 e. The highest BCUT2D eigenvalue weighted by Crippen LogP contribution is 2.21. The fourth-order valence-electron chi connectivity index (χ4n) is 2.09. The zero-order valence-electron chi connectivity index (χ0n) is 12.9. The molecule has 1 amide bonds. The summed E-state index contributed by atoms with van der Waals surface area (Å²) in [6.07, 6.45) is 0. The molecule has 0 bridgehead atoms. The summed E-state index contributed by atoms with van der Waals surface area (Å²) in [6, 6.07) is 14.6. The minimum atomic E-state index is -0.101. The van der Waals surface area contributed by atoms with Crippen LogP contribution in [-0.2, 0) is 11.3 Å². The molecule has 6 nitrogen and oxygen atoms in total. The van der Waals surface area contributed by atoms with Crippen molar-refractivity contribution in [1.29, 1.82) is 0 Å². The third kappa shape index (κ3) is 4.11. The van der Waals surface area contributed by atoms with E-state index in [0.29, 0.717) is 23.3 Å². The molecule has 0 saturated carbocycles. The lowest BCUT2D eigenvalue weighted by Gasteiger charge is -2.05. The Morgan fingerprint density at radius 2 is 1.71 bits per heavy atom. The fraction of sp³-hybridized carbons (Fsp3) is 0.118. The van der Waals surface area contributed by atoms with Crippen LogP contribution in [0.5, 0.6) is 0 Å². The van der Waals surface area contributed by atoms with Gasteiger partial charge in [0.2, 0.25) is 17.7 Å². The molecule has 7 heteroatoms. The molecule has 0 fully saturated rings. The van der Waals surface area contributed by atoms with Crippen molar-refractivity contribution in [2.75, 3.05) is 10.6 Å². The van der Waals surface area contributed by atoms with E-state index in [0.717, 1.165) is 16.9 Å². The molecule has 0 radical (unpaired) electrons. The van der Waals surface area contributed by atoms with E-state index >= 15 is 0 Å². The van der Waals surface area contributed by atoms with Crippen molar-refractivity contribution in [3.63, 3.8) is 0 Å². The Balaban J connectivity index is 1.61. The van der Waals surface area contributed by atoms with Gasteiger partial charge in [-0.1, -0.05) is 11.6 Å². The molecule has 0 aliphatic rings. The number of benzene rings is 2. The van der Waals surface area contributed by atoms with Crippen LogP contribution in [0.15, 0.2) is 52.9 Å². The molecular formula is C17H15ClN4O2. The molecule has 0 aliphatic heterocycles. The van der Waals surface area contributed by atoms with Crippen LogP contribution in [0.1, 0.15) is 12.8 Å². The highest BCUT2D eigenvalue weighted by atomic mass is 35.5. The van der Waals surface area contributed by atoms with Gasteiger partial charge in [-0.15, -0.1) is 10.2 Å². The lowest BCUT2D eigenvalue weighted by molar-refractivity contribution is -0.114. The van der Waals surface area contributed by atoms with Crippen LogP contribution in [0.25, 0.3) is 11.5 Å². The van der Waals surface area contributed by atoms with Crippen LogP contribution >= 0.6 is 11.6 Å². The first-order valence-corrected chi connectivity index (χ1v) is 7.68. The average Bonchev–Trinajstić information content (AvgIpc) is 3.03. The summed E-state index contributed by atoms with van der Waals surface area (Å²) >= 11 is 5.86. The predicted molar refractivity (Wildman–Crippen MR) is 92.8 cm³/mol. The third-order valence-corrected chi connectivity index (χ3v) is 3.46. The number of hydrogen-bond acceptors (Lipinski definition) is 5. The number of halogens is 1. The number of carbonyl (C=O) groups excluding carboxylic acids is 1. The van der Waals surface area contributed by atoms with Crippen LogP contribution < -0.4 is 10.6 Å². The molecule has 0 unspecified atom stereocenters. The quantitative estimate of drug-likeness (QED) is 0.733. The number of nitrogens with zero attached hydrogens (tertiary/aromatic N) is 2. The molecule has 0 aliphatic carbocycles. The molecule has 0 atom stereocenters. The van der Waals surface area contributed by atoms with Gasteiger partial charge in [-0.3, -0.25) is 4.79 Å². The smallest absolute Gasteiger partial charge is 0.247 e. The standard InChI is InChI=1S/C17H15ClN4O2/c1-11(23)20-15-8-6-14(7-9-15)19-10-16-21-22-17(24-16)12-2-4-13(18)5-3-12/h2-9,19H,10H2,1H3,(H,20,23). The van der Waals surface area contributed by atoms with Crippen molar-refractivity contribution in [1.82, 2.24) is 10.2 Å². The van der Waals surface area contributed by atoms with Crippen LogP contribution in [0, 0.1) is 0 Å². The van der Waals surface area contributed by atoms with Gasteiger partial charge in [0.1, 0.15) is 0 Å². The molecule has 2 N–H and O–H groups in total. The van der Waals surface area contributed by atoms with Gasteiger partial charge in [0.05, 0.1) is 6.54 Å². The van der Waals surface area contributed by atoms with Gasteiger partial charge in [0.25, 0.3) is 0 Å². The predicted octanol–water partition coefficient (Wildman–Crippen LogP) is 3.96. The van der Waals surface area contributed by atoms with Gasteiger partial charge in [0.15, 0.2) is 0 Å². The Morgan fingerprint density at radius 3 is 2.38 bits per heavy atom. The van der Waals surface area contributed by atoms with Crippen molar-refractivity contribution in [2.45, 2.75) is 13.5 Å². The first-order valence-electron chi connectivity index (χ1n) is 7.30. The van der Waals surface area contributed by atoms with E-state index in [2.05, 4.69) is 20.8 Å². The van der Waals surface area contributed by atoms with Crippen molar-refractivity contribution < 1.29 is 9.21 Å². The van der Waals surface area contributed by atoms with E-state index in [-0.39, 0.29) is 5.91 Å². The maximum atomic E-state index is 11.0. The van der Waals surface area contributed by atoms with Crippen LogP contribution in [0.2, 0.25) is 5.02 Å². The highest BCUT2D eigenvalue weighted by molar-refractivity contribution is 6.30. The number of aromatic nitrogens is 2. The van der Waals surface area contributed by atoms with E-state index in [9.17, 15) is 4.79 Å². The zero-order chi connectivity index (χ0) is 16.9. The number of rotatable bonds is 5. The van der Waals surface area contributed by atoms with Gasteiger partial charge in [-0.2, -0.15) is 0 Å². The lowest BCUT2D eigenvalue weighted by atomic mass is 10.2. The van der Waals surface area contributed by atoms with E-state index < -0.39 is 0 Å². The molecule has 2 aromatic carbocycles. The largest absolute Gasteiger partial charge is 0.419 e. The first-order chi connectivity index (χ1) is 11.6. The van der Waals surface area contributed by atoms with E-state index in [4.69, 9.17) is 16.0 Å². The van der Waals surface area contributed by atoms with Gasteiger partial charge in [-0.25, -0.2) is 0 Å². The summed E-state index contributed by atoms with van der Waals surface area (Å²) in [4.78, 5) is 11.0. The molecule has 1 aromatic heterocycles. The number of amides is 1. The van der Waals surface area contributed by atoms with Crippen molar-refractivity contribution in [3.05, 3.63) is 59.4 Å². The van der Waals surface area contributed by atoms with Crippen LogP contribution in [0.3, 0.4) is 0 Å². The molecule has 24 heavy (non-hydrogen) atoms. The van der Waals surface area contributed by atoms with E-state index in [1.165, 1.54) is 6.92 Å². The molecular weight excluding hydrogens is 328 g/mol. The van der Waals surface area contributed by atoms with Crippen LogP contribution in [-0.4, -0.2) is 16.1 Å². The topological polar surface area (TPSA) is 80.0 Å². The second-order valence-electron chi connectivity index (χ2n) is 5.12. The Bertz CT molecular complexity index is 829. The molecule has 122 valence electrons. The van der Waals surface area contributed by atoms with Crippen molar-refractivity contribution in [2.24, 2.45) is 0 Å². The Hall–Kier alpha value is -2.86. The maximum absolute atomic E-state index is 11.0. The Labute approximate surface area is 143 Å². The normalized spacial score (nSPS) is 10.4. The van der Waals surface area contributed by atoms with Gasteiger partial charge in [0, 0.05) is 28.9 Å². The molecule has 3 aromatic rings. The fourth-order valence-corrected chi connectivity index (χ4v) is 2.21. The highest BCUT2D eigenvalue weighted by Gasteiger charge is 2.08. The molecule has 1 heterocycles. The SMILES string of the molecule is CC(=O)Nc1ccc(NCc2nnc(-c3ccc(Cl)cc3)o2)cc1. The molecule has 0 spiro atoms. The molecule has 0 saturated heterocycles. The number of carbonyl (C=O) groups is 1. The van der Waals surface area contributed by atoms with E-state index in [1.54, 1.807) is 12.1 Å². The summed E-state index contributed by atoms with van der Waals surface area (Å²) in [7, 11) is 0. The Morgan fingerprint density at radius 1 is 1.04 bits per heavy atom. The monoisotopic (exact) mass is 342 g/mol. The second-order valence-corrected chi connectivity index (χ2v) is 5.56. The minimum Gasteiger partial charge on any atom is -0.419 e. The van der Waals surface area contributed by atoms with Gasteiger partial charge < -0.3 is 15.1 Å². The van der Waals surface area contributed by atoms with Crippen molar-refractivity contribution in [3.8, 4) is 11.5 Å². The summed E-state index contributed by atoms with van der Waals surface area (Å²) in [5, 5.41) is 14.6. The van der Waals surface area contributed by atoms with Gasteiger partial charge in [-0.05, 0) is 48.5 Å². The average molecular weight is 343 g/mol. The minimum absolute atomic E-state index is 0.101. The van der Waals surface area contributed by atoms with Crippen molar-refractivity contribution >= 4 is 28.9 Å².